The van der Waals surface area contributed by atoms with Crippen LogP contribution < -0.4 is 5.32 Å². The predicted molar refractivity (Wildman–Crippen MR) is 66.8 cm³/mol. The fraction of sp³-hybridized carbons (Fsp3) is 0.923. The van der Waals surface area contributed by atoms with Crippen LogP contribution in [0, 0.1) is 5.92 Å². The van der Waals surface area contributed by atoms with Gasteiger partial charge in [0.05, 0.1) is 12.7 Å². The summed E-state index contributed by atoms with van der Waals surface area (Å²) in [6, 6.07) is 0.101. The molecule has 0 amide bonds. The Morgan fingerprint density at radius 2 is 2.12 bits per heavy atom. The fourth-order valence-electron chi connectivity index (χ4n) is 2.29. The van der Waals surface area contributed by atoms with Gasteiger partial charge in [-0.3, -0.25) is 4.79 Å². The Kier molecular flexibility index (Phi) is 4.95. The Labute approximate surface area is 104 Å². The molecule has 0 radical (unpaired) electrons. The number of carbonyl (C=O) groups excluding carboxylic acids is 1. The molecule has 1 fully saturated rings. The van der Waals surface area contributed by atoms with Crippen molar-refractivity contribution < 1.29 is 14.3 Å². The largest absolute Gasteiger partial charge is 0.468 e. The third-order valence-electron chi connectivity index (χ3n) is 3.23. The second-order valence-corrected chi connectivity index (χ2v) is 5.71. The molecule has 1 rings (SSSR count). The van der Waals surface area contributed by atoms with Gasteiger partial charge in [-0.1, -0.05) is 13.8 Å². The minimum Gasteiger partial charge on any atom is -0.468 e. The highest BCUT2D eigenvalue weighted by Crippen LogP contribution is 2.24. The van der Waals surface area contributed by atoms with Gasteiger partial charge in [0.2, 0.25) is 0 Å². The van der Waals surface area contributed by atoms with E-state index in [4.69, 9.17) is 9.47 Å². The van der Waals surface area contributed by atoms with Crippen LogP contribution in [0.1, 0.15) is 40.5 Å². The quantitative estimate of drug-likeness (QED) is 0.764. The first-order chi connectivity index (χ1) is 7.85. The van der Waals surface area contributed by atoms with E-state index in [0.29, 0.717) is 6.04 Å². The zero-order valence-corrected chi connectivity index (χ0v) is 11.6. The van der Waals surface area contributed by atoms with Crippen LogP contribution in [0.3, 0.4) is 0 Å². The Balaban J connectivity index is 2.58. The number of esters is 1. The van der Waals surface area contributed by atoms with Gasteiger partial charge in [-0.15, -0.1) is 0 Å². The second-order valence-electron chi connectivity index (χ2n) is 5.71. The molecule has 2 atom stereocenters. The summed E-state index contributed by atoms with van der Waals surface area (Å²) in [5.41, 5.74) is -0.104. The monoisotopic (exact) mass is 243 g/mol. The normalized spacial score (nSPS) is 25.6. The maximum atomic E-state index is 11.7. The van der Waals surface area contributed by atoms with Crippen LogP contribution in [0.15, 0.2) is 0 Å². The molecule has 0 bridgehead atoms. The molecule has 100 valence electrons. The van der Waals surface area contributed by atoms with Crippen LogP contribution in [0.5, 0.6) is 0 Å². The zero-order chi connectivity index (χ0) is 13.1. The van der Waals surface area contributed by atoms with Gasteiger partial charge in [0.15, 0.2) is 0 Å². The van der Waals surface area contributed by atoms with Gasteiger partial charge < -0.3 is 14.8 Å². The minimum absolute atomic E-state index is 0.104. The van der Waals surface area contributed by atoms with Gasteiger partial charge in [0.1, 0.15) is 6.04 Å². The van der Waals surface area contributed by atoms with Gasteiger partial charge in [0.25, 0.3) is 0 Å². The van der Waals surface area contributed by atoms with Gasteiger partial charge in [-0.2, -0.15) is 0 Å². The van der Waals surface area contributed by atoms with E-state index in [1.807, 2.05) is 13.8 Å². The topological polar surface area (TPSA) is 47.6 Å². The molecule has 0 saturated carbocycles. The highest BCUT2D eigenvalue weighted by atomic mass is 16.5. The van der Waals surface area contributed by atoms with Gasteiger partial charge in [-0.25, -0.2) is 0 Å². The van der Waals surface area contributed by atoms with Crippen molar-refractivity contribution in [1.29, 1.82) is 0 Å². The first kappa shape index (κ1) is 14.5. The van der Waals surface area contributed by atoms with Crippen molar-refractivity contribution in [1.82, 2.24) is 5.32 Å². The van der Waals surface area contributed by atoms with Gasteiger partial charge >= 0.3 is 5.97 Å². The van der Waals surface area contributed by atoms with Crippen molar-refractivity contribution in [3.05, 3.63) is 0 Å². The van der Waals surface area contributed by atoms with Crippen LogP contribution in [0.2, 0.25) is 0 Å². The summed E-state index contributed by atoms with van der Waals surface area (Å²) in [6.45, 7) is 8.97. The fourth-order valence-corrected chi connectivity index (χ4v) is 2.29. The number of rotatable bonds is 4. The lowest BCUT2D eigenvalue weighted by Gasteiger charge is -2.37. The van der Waals surface area contributed by atoms with E-state index in [1.54, 1.807) is 0 Å². The smallest absolute Gasteiger partial charge is 0.323 e. The van der Waals surface area contributed by atoms with Crippen LogP contribution in [0.25, 0.3) is 0 Å². The van der Waals surface area contributed by atoms with E-state index >= 15 is 0 Å². The zero-order valence-electron chi connectivity index (χ0n) is 11.6. The molecule has 1 aliphatic rings. The minimum atomic E-state index is -0.223. The molecule has 1 heterocycles. The molecule has 1 aliphatic heterocycles. The number of hydrogen-bond donors (Lipinski definition) is 1. The molecule has 4 nitrogen and oxygen atoms in total. The SMILES string of the molecule is COC(=O)C(NC1CCOC(C)(C)C1)C(C)C. The summed E-state index contributed by atoms with van der Waals surface area (Å²) < 4.78 is 10.5. The second kappa shape index (κ2) is 5.83. The standard InChI is InChI=1S/C13H25NO3/c1-9(2)11(12(15)16-5)14-10-6-7-17-13(3,4)8-10/h9-11,14H,6-8H2,1-5H3. The van der Waals surface area contributed by atoms with Crippen molar-refractivity contribution in [2.24, 2.45) is 5.92 Å². The maximum absolute atomic E-state index is 11.7. The molecule has 0 spiro atoms. The molecule has 1 N–H and O–H groups in total. The molecule has 4 heteroatoms. The Bertz CT molecular complexity index is 263. The first-order valence-electron chi connectivity index (χ1n) is 6.33. The Morgan fingerprint density at radius 3 is 2.59 bits per heavy atom. The van der Waals surface area contributed by atoms with Crippen molar-refractivity contribution in [3.63, 3.8) is 0 Å². The molecule has 1 saturated heterocycles. The third-order valence-corrected chi connectivity index (χ3v) is 3.23. The van der Waals surface area contributed by atoms with E-state index in [-0.39, 0.29) is 23.5 Å². The molecular formula is C13H25NO3. The number of hydrogen-bond acceptors (Lipinski definition) is 4. The number of methoxy groups -OCH3 is 1. The summed E-state index contributed by atoms with van der Waals surface area (Å²) in [7, 11) is 1.44. The first-order valence-corrected chi connectivity index (χ1v) is 6.33. The third kappa shape index (κ3) is 4.28. The summed E-state index contributed by atoms with van der Waals surface area (Å²) in [5, 5.41) is 3.41. The molecular weight excluding hydrogens is 218 g/mol. The Hall–Kier alpha value is -0.610. The van der Waals surface area contributed by atoms with Crippen molar-refractivity contribution in [2.45, 2.75) is 58.2 Å². The molecule has 0 aliphatic carbocycles. The lowest BCUT2D eigenvalue weighted by molar-refractivity contribution is -0.145. The molecule has 0 aromatic rings. The van der Waals surface area contributed by atoms with Crippen LogP contribution >= 0.6 is 0 Å². The van der Waals surface area contributed by atoms with Crippen LogP contribution in [0.4, 0.5) is 0 Å². The average Bonchev–Trinajstić information content (AvgIpc) is 2.23. The van der Waals surface area contributed by atoms with Crippen LogP contribution in [-0.2, 0) is 14.3 Å². The highest BCUT2D eigenvalue weighted by Gasteiger charge is 2.32. The highest BCUT2D eigenvalue weighted by molar-refractivity contribution is 5.75. The average molecular weight is 243 g/mol. The molecule has 0 aromatic carbocycles. The van der Waals surface area contributed by atoms with Gasteiger partial charge in [-0.05, 0) is 32.6 Å². The lowest BCUT2D eigenvalue weighted by atomic mass is 9.92. The summed E-state index contributed by atoms with van der Waals surface area (Å²) in [4.78, 5) is 11.7. The van der Waals surface area contributed by atoms with Crippen LogP contribution in [-0.4, -0.2) is 37.4 Å². The van der Waals surface area contributed by atoms with E-state index in [9.17, 15) is 4.79 Å². The summed E-state index contributed by atoms with van der Waals surface area (Å²) >= 11 is 0. The van der Waals surface area contributed by atoms with Gasteiger partial charge in [0, 0.05) is 12.6 Å². The molecule has 2 unspecified atom stereocenters. The number of carbonyl (C=O) groups is 1. The molecule has 17 heavy (non-hydrogen) atoms. The van der Waals surface area contributed by atoms with E-state index in [1.165, 1.54) is 7.11 Å². The summed E-state index contributed by atoms with van der Waals surface area (Å²) in [5.74, 6) is 0.0534. The Morgan fingerprint density at radius 1 is 1.47 bits per heavy atom. The number of nitrogens with one attached hydrogen (secondary N) is 1. The van der Waals surface area contributed by atoms with E-state index in [2.05, 4.69) is 19.2 Å². The van der Waals surface area contributed by atoms with E-state index in [0.717, 1.165) is 19.4 Å². The molecule has 0 aromatic heterocycles. The lowest BCUT2D eigenvalue weighted by Crippen LogP contribution is -2.51. The maximum Gasteiger partial charge on any atom is 0.323 e. The van der Waals surface area contributed by atoms with Crippen molar-refractivity contribution in [3.8, 4) is 0 Å². The van der Waals surface area contributed by atoms with Crippen molar-refractivity contribution >= 4 is 5.97 Å². The van der Waals surface area contributed by atoms with E-state index < -0.39 is 0 Å². The summed E-state index contributed by atoms with van der Waals surface area (Å²) in [6.07, 6.45) is 1.87. The predicted octanol–water partition coefficient (Wildman–Crippen LogP) is 1.73. The van der Waals surface area contributed by atoms with Crippen molar-refractivity contribution in [2.75, 3.05) is 13.7 Å². The number of ether oxygens (including phenoxy) is 2.